The van der Waals surface area contributed by atoms with Crippen LogP contribution in [0, 0.1) is 0 Å². The summed E-state index contributed by atoms with van der Waals surface area (Å²) in [5, 5.41) is 15.0. The second kappa shape index (κ2) is 8.36. The molecular formula is C13H21N3O2. The Kier molecular flexibility index (Phi) is 6.64. The van der Waals surface area contributed by atoms with E-state index in [0.29, 0.717) is 19.5 Å². The normalized spacial score (nSPS) is 11.2. The number of methoxy groups -OCH3 is 1. The molecule has 5 heteroatoms. The number of rotatable bonds is 6. The number of hydrogen-bond donors (Lipinski definition) is 3. The van der Waals surface area contributed by atoms with E-state index < -0.39 is 0 Å². The van der Waals surface area contributed by atoms with Crippen molar-refractivity contribution in [3.63, 3.8) is 0 Å². The van der Waals surface area contributed by atoms with Crippen molar-refractivity contribution in [1.29, 1.82) is 0 Å². The second-order valence-corrected chi connectivity index (χ2v) is 3.78. The van der Waals surface area contributed by atoms with Gasteiger partial charge in [-0.1, -0.05) is 12.1 Å². The van der Waals surface area contributed by atoms with E-state index in [1.807, 2.05) is 24.3 Å². The number of guanidine groups is 1. The van der Waals surface area contributed by atoms with Crippen LogP contribution >= 0.6 is 0 Å². The fourth-order valence-corrected chi connectivity index (χ4v) is 1.47. The number of hydrogen-bond acceptors (Lipinski definition) is 3. The summed E-state index contributed by atoms with van der Waals surface area (Å²) in [6, 6.07) is 7.88. The molecule has 0 aliphatic heterocycles. The number of nitrogens with zero attached hydrogens (tertiary/aromatic N) is 1. The van der Waals surface area contributed by atoms with E-state index in [2.05, 4.69) is 15.6 Å². The lowest BCUT2D eigenvalue weighted by Crippen LogP contribution is -2.37. The first-order valence-corrected chi connectivity index (χ1v) is 5.98. The zero-order valence-corrected chi connectivity index (χ0v) is 10.9. The van der Waals surface area contributed by atoms with Gasteiger partial charge in [-0.05, 0) is 24.1 Å². The first-order valence-electron chi connectivity index (χ1n) is 5.98. The van der Waals surface area contributed by atoms with Crippen LogP contribution in [-0.4, -0.2) is 38.4 Å². The lowest BCUT2D eigenvalue weighted by Gasteiger charge is -2.11. The van der Waals surface area contributed by atoms with Gasteiger partial charge in [-0.25, -0.2) is 0 Å². The van der Waals surface area contributed by atoms with Crippen molar-refractivity contribution in [3.05, 3.63) is 29.8 Å². The zero-order chi connectivity index (χ0) is 13.2. The van der Waals surface area contributed by atoms with Crippen molar-refractivity contribution < 1.29 is 9.84 Å². The smallest absolute Gasteiger partial charge is 0.191 e. The number of aliphatic hydroxyl groups excluding tert-OH is 1. The highest BCUT2D eigenvalue weighted by molar-refractivity contribution is 5.79. The molecule has 0 aliphatic rings. The SMILES string of the molecule is CN=C(NCCCO)NCc1cccc(OC)c1. The topological polar surface area (TPSA) is 65.9 Å². The molecule has 1 aromatic rings. The fraction of sp³-hybridized carbons (Fsp3) is 0.462. The Morgan fingerprint density at radius 3 is 2.89 bits per heavy atom. The minimum atomic E-state index is 0.180. The third-order valence-corrected chi connectivity index (χ3v) is 2.45. The van der Waals surface area contributed by atoms with E-state index in [-0.39, 0.29) is 6.61 Å². The minimum Gasteiger partial charge on any atom is -0.497 e. The lowest BCUT2D eigenvalue weighted by molar-refractivity contribution is 0.289. The Labute approximate surface area is 108 Å². The summed E-state index contributed by atoms with van der Waals surface area (Å²) in [5.41, 5.74) is 1.12. The molecule has 0 radical (unpaired) electrons. The molecule has 0 fully saturated rings. The van der Waals surface area contributed by atoms with Gasteiger partial charge in [0.25, 0.3) is 0 Å². The van der Waals surface area contributed by atoms with Crippen molar-refractivity contribution in [2.75, 3.05) is 27.3 Å². The Morgan fingerprint density at radius 1 is 1.39 bits per heavy atom. The molecule has 0 aromatic heterocycles. The number of ether oxygens (including phenoxy) is 1. The largest absolute Gasteiger partial charge is 0.497 e. The van der Waals surface area contributed by atoms with Gasteiger partial charge in [0.05, 0.1) is 7.11 Å². The maximum Gasteiger partial charge on any atom is 0.191 e. The van der Waals surface area contributed by atoms with Crippen molar-refractivity contribution in [1.82, 2.24) is 10.6 Å². The van der Waals surface area contributed by atoms with Crippen LogP contribution in [0.4, 0.5) is 0 Å². The molecule has 5 nitrogen and oxygen atoms in total. The van der Waals surface area contributed by atoms with Gasteiger partial charge in [0.1, 0.15) is 5.75 Å². The van der Waals surface area contributed by atoms with Gasteiger partial charge in [-0.2, -0.15) is 0 Å². The van der Waals surface area contributed by atoms with E-state index in [1.54, 1.807) is 14.2 Å². The maximum atomic E-state index is 8.70. The van der Waals surface area contributed by atoms with Gasteiger partial charge < -0.3 is 20.5 Å². The van der Waals surface area contributed by atoms with Crippen molar-refractivity contribution >= 4 is 5.96 Å². The first-order chi connectivity index (χ1) is 8.80. The van der Waals surface area contributed by atoms with E-state index in [0.717, 1.165) is 17.3 Å². The highest BCUT2D eigenvalue weighted by atomic mass is 16.5. The molecule has 0 saturated heterocycles. The predicted molar refractivity (Wildman–Crippen MR) is 72.9 cm³/mol. The van der Waals surface area contributed by atoms with Gasteiger partial charge in [0.15, 0.2) is 5.96 Å². The Morgan fingerprint density at radius 2 is 2.22 bits per heavy atom. The van der Waals surface area contributed by atoms with E-state index in [9.17, 15) is 0 Å². The summed E-state index contributed by atoms with van der Waals surface area (Å²) in [6.45, 7) is 1.56. The van der Waals surface area contributed by atoms with Crippen LogP contribution in [0.5, 0.6) is 5.75 Å². The molecule has 0 bridgehead atoms. The molecule has 18 heavy (non-hydrogen) atoms. The minimum absolute atomic E-state index is 0.180. The molecule has 0 unspecified atom stereocenters. The summed E-state index contributed by atoms with van der Waals surface area (Å²) in [4.78, 5) is 4.10. The molecule has 0 saturated carbocycles. The third-order valence-electron chi connectivity index (χ3n) is 2.45. The van der Waals surface area contributed by atoms with Crippen molar-refractivity contribution in [2.45, 2.75) is 13.0 Å². The monoisotopic (exact) mass is 251 g/mol. The highest BCUT2D eigenvalue weighted by Crippen LogP contribution is 2.11. The summed E-state index contributed by atoms with van der Waals surface area (Å²) in [6.07, 6.45) is 0.708. The Bertz CT molecular complexity index is 380. The molecule has 0 aliphatic carbocycles. The fourth-order valence-electron chi connectivity index (χ4n) is 1.47. The van der Waals surface area contributed by atoms with E-state index in [1.165, 1.54) is 0 Å². The lowest BCUT2D eigenvalue weighted by atomic mass is 10.2. The first kappa shape index (κ1) is 14.3. The van der Waals surface area contributed by atoms with E-state index in [4.69, 9.17) is 9.84 Å². The molecule has 1 aromatic carbocycles. The van der Waals surface area contributed by atoms with Crippen LogP contribution in [-0.2, 0) is 6.54 Å². The molecule has 0 heterocycles. The maximum absolute atomic E-state index is 8.70. The van der Waals surface area contributed by atoms with Crippen LogP contribution in [0.15, 0.2) is 29.3 Å². The van der Waals surface area contributed by atoms with Crippen LogP contribution in [0.25, 0.3) is 0 Å². The summed E-state index contributed by atoms with van der Waals surface area (Å²) >= 11 is 0. The summed E-state index contributed by atoms with van der Waals surface area (Å²) in [5.74, 6) is 1.57. The van der Waals surface area contributed by atoms with Gasteiger partial charge in [0.2, 0.25) is 0 Å². The number of nitrogens with one attached hydrogen (secondary N) is 2. The van der Waals surface area contributed by atoms with Crippen LogP contribution in [0.1, 0.15) is 12.0 Å². The zero-order valence-electron chi connectivity index (χ0n) is 10.9. The molecule has 3 N–H and O–H groups in total. The van der Waals surface area contributed by atoms with Gasteiger partial charge in [0, 0.05) is 26.7 Å². The number of benzene rings is 1. The molecule has 0 spiro atoms. The average molecular weight is 251 g/mol. The molecule has 0 atom stereocenters. The Balaban J connectivity index is 2.42. The van der Waals surface area contributed by atoms with Gasteiger partial charge in [-0.15, -0.1) is 0 Å². The number of aliphatic hydroxyl groups is 1. The van der Waals surface area contributed by atoms with E-state index >= 15 is 0 Å². The Hall–Kier alpha value is -1.75. The molecule has 0 amide bonds. The average Bonchev–Trinajstić information content (AvgIpc) is 2.43. The molecule has 1 rings (SSSR count). The number of aliphatic imine (C=N–C) groups is 1. The molecule has 100 valence electrons. The van der Waals surface area contributed by atoms with Crippen molar-refractivity contribution in [2.24, 2.45) is 4.99 Å². The summed E-state index contributed by atoms with van der Waals surface area (Å²) in [7, 11) is 3.38. The van der Waals surface area contributed by atoms with Gasteiger partial charge in [-0.3, -0.25) is 4.99 Å². The van der Waals surface area contributed by atoms with Gasteiger partial charge >= 0.3 is 0 Å². The standard InChI is InChI=1S/C13H21N3O2/c1-14-13(15-7-4-8-17)16-10-11-5-3-6-12(9-11)18-2/h3,5-6,9,17H,4,7-8,10H2,1-2H3,(H2,14,15,16). The molecular weight excluding hydrogens is 230 g/mol. The van der Waals surface area contributed by atoms with Crippen LogP contribution in [0.2, 0.25) is 0 Å². The second-order valence-electron chi connectivity index (χ2n) is 3.78. The third kappa shape index (κ3) is 5.05. The van der Waals surface area contributed by atoms with Crippen LogP contribution in [0.3, 0.4) is 0 Å². The highest BCUT2D eigenvalue weighted by Gasteiger charge is 1.99. The summed E-state index contributed by atoms with van der Waals surface area (Å²) < 4.78 is 5.17. The quantitative estimate of drug-likeness (QED) is 0.396. The van der Waals surface area contributed by atoms with Crippen LogP contribution < -0.4 is 15.4 Å². The van der Waals surface area contributed by atoms with Crippen molar-refractivity contribution in [3.8, 4) is 5.75 Å². The predicted octanol–water partition coefficient (Wildman–Crippen LogP) is 0.743.